The number of urea groups is 1. The Hall–Kier alpha value is -3.28. The number of hydrogen-bond acceptors (Lipinski definition) is 3. The third-order valence-electron chi connectivity index (χ3n) is 4.33. The van der Waals surface area contributed by atoms with Gasteiger partial charge in [-0.15, -0.1) is 0 Å². The zero-order valence-electron chi connectivity index (χ0n) is 14.9. The van der Waals surface area contributed by atoms with Crippen LogP contribution in [0.5, 0.6) is 5.75 Å². The molecule has 0 radical (unpaired) electrons. The molecule has 6 heteroatoms. The summed E-state index contributed by atoms with van der Waals surface area (Å²) in [6.07, 6.45) is 0. The van der Waals surface area contributed by atoms with Gasteiger partial charge in [-0.05, 0) is 43.2 Å². The van der Waals surface area contributed by atoms with Gasteiger partial charge in [0.25, 0.3) is 5.91 Å². The number of nitrogens with one attached hydrogen (secondary N) is 3. The summed E-state index contributed by atoms with van der Waals surface area (Å²) in [5, 5.41) is 8.43. The molecule has 3 rings (SSSR count). The Morgan fingerprint density at radius 2 is 1.88 bits per heavy atom. The maximum Gasteiger partial charge on any atom is 0.319 e. The van der Waals surface area contributed by atoms with Gasteiger partial charge in [0, 0.05) is 11.4 Å². The number of ether oxygens (including phenoxy) is 1. The second-order valence-electron chi connectivity index (χ2n) is 6.12. The molecule has 6 nitrogen and oxygen atoms in total. The number of benzene rings is 2. The first-order valence-corrected chi connectivity index (χ1v) is 8.29. The van der Waals surface area contributed by atoms with Crippen LogP contribution in [0.3, 0.4) is 0 Å². The monoisotopic (exact) mass is 351 g/mol. The Morgan fingerprint density at radius 3 is 2.62 bits per heavy atom. The minimum Gasteiger partial charge on any atom is -0.497 e. The van der Waals surface area contributed by atoms with Gasteiger partial charge in [-0.1, -0.05) is 30.3 Å². The van der Waals surface area contributed by atoms with Crippen LogP contribution in [0.1, 0.15) is 24.1 Å². The fourth-order valence-corrected chi connectivity index (χ4v) is 2.97. The van der Waals surface area contributed by atoms with Crippen molar-refractivity contribution in [3.63, 3.8) is 0 Å². The Bertz CT molecular complexity index is 889. The molecule has 2 aromatic rings. The van der Waals surface area contributed by atoms with Crippen LogP contribution >= 0.6 is 0 Å². The van der Waals surface area contributed by atoms with Gasteiger partial charge in [0.1, 0.15) is 5.75 Å². The molecule has 0 saturated carbocycles. The lowest BCUT2D eigenvalue weighted by molar-refractivity contribution is -0.113. The maximum absolute atomic E-state index is 13.0. The van der Waals surface area contributed by atoms with Crippen LogP contribution in [0.4, 0.5) is 10.5 Å². The molecule has 0 fully saturated rings. The molecule has 0 aromatic heterocycles. The largest absolute Gasteiger partial charge is 0.497 e. The summed E-state index contributed by atoms with van der Waals surface area (Å²) < 4.78 is 5.26. The number of aryl methyl sites for hydroxylation is 1. The maximum atomic E-state index is 13.0. The molecule has 1 aliphatic rings. The van der Waals surface area contributed by atoms with Crippen molar-refractivity contribution >= 4 is 17.6 Å². The minimum atomic E-state index is -0.567. The van der Waals surface area contributed by atoms with Crippen LogP contribution in [0, 0.1) is 6.92 Å². The van der Waals surface area contributed by atoms with Gasteiger partial charge in [0.2, 0.25) is 0 Å². The average molecular weight is 351 g/mol. The number of rotatable bonds is 4. The molecule has 1 heterocycles. The zero-order chi connectivity index (χ0) is 18.7. The molecule has 1 atom stereocenters. The van der Waals surface area contributed by atoms with E-state index in [4.69, 9.17) is 4.74 Å². The van der Waals surface area contributed by atoms with Crippen molar-refractivity contribution in [1.82, 2.24) is 10.6 Å². The first-order valence-electron chi connectivity index (χ1n) is 8.29. The van der Waals surface area contributed by atoms with Crippen LogP contribution in [-0.4, -0.2) is 19.0 Å². The molecule has 0 bridgehead atoms. The number of para-hydroxylation sites is 1. The highest BCUT2D eigenvalue weighted by molar-refractivity contribution is 6.07. The van der Waals surface area contributed by atoms with Gasteiger partial charge in [-0.25, -0.2) is 4.79 Å². The smallest absolute Gasteiger partial charge is 0.319 e. The molecular weight excluding hydrogens is 330 g/mol. The zero-order valence-corrected chi connectivity index (χ0v) is 14.9. The van der Waals surface area contributed by atoms with Crippen LogP contribution in [0.2, 0.25) is 0 Å². The molecular formula is C20H21N3O3. The van der Waals surface area contributed by atoms with E-state index in [1.54, 1.807) is 14.0 Å². The first-order chi connectivity index (χ1) is 12.5. The highest BCUT2D eigenvalue weighted by Gasteiger charge is 2.31. The molecule has 134 valence electrons. The SMILES string of the molecule is COc1cccc([C@H]2NC(=O)NC(C)=C2C(=O)Nc2ccccc2C)c1. The summed E-state index contributed by atoms with van der Waals surface area (Å²) in [5.41, 5.74) is 3.45. The number of carbonyl (C=O) groups is 2. The van der Waals surface area contributed by atoms with Crippen molar-refractivity contribution in [2.45, 2.75) is 19.9 Å². The number of amides is 3. The van der Waals surface area contributed by atoms with Crippen molar-refractivity contribution in [3.05, 3.63) is 70.9 Å². The van der Waals surface area contributed by atoms with Gasteiger partial charge in [0.15, 0.2) is 0 Å². The highest BCUT2D eigenvalue weighted by Crippen LogP contribution is 2.30. The lowest BCUT2D eigenvalue weighted by Gasteiger charge is -2.29. The number of anilines is 1. The number of methoxy groups -OCH3 is 1. The normalized spacial score (nSPS) is 16.6. The lowest BCUT2D eigenvalue weighted by atomic mass is 9.94. The van der Waals surface area contributed by atoms with Crippen molar-refractivity contribution < 1.29 is 14.3 Å². The molecule has 2 aromatic carbocycles. The van der Waals surface area contributed by atoms with E-state index in [0.717, 1.165) is 16.8 Å². The second kappa shape index (κ2) is 7.31. The molecule has 0 aliphatic carbocycles. The summed E-state index contributed by atoms with van der Waals surface area (Å²) in [6.45, 7) is 3.65. The number of allylic oxidation sites excluding steroid dienone is 1. The standard InChI is InChI=1S/C20H21N3O3/c1-12-7-4-5-10-16(12)22-19(24)17-13(2)21-20(25)23-18(17)14-8-6-9-15(11-14)26-3/h4-11,18H,1-3H3,(H,22,24)(H2,21,23,25)/t18-/m1/s1. The van der Waals surface area contributed by atoms with Crippen LogP contribution in [0.25, 0.3) is 0 Å². The Kier molecular flexibility index (Phi) is 4.93. The Labute approximate surface area is 152 Å². The van der Waals surface area contributed by atoms with Crippen molar-refractivity contribution in [3.8, 4) is 5.75 Å². The summed E-state index contributed by atoms with van der Waals surface area (Å²) in [4.78, 5) is 25.0. The van der Waals surface area contributed by atoms with E-state index < -0.39 is 6.04 Å². The molecule has 26 heavy (non-hydrogen) atoms. The van der Waals surface area contributed by atoms with Gasteiger partial charge >= 0.3 is 6.03 Å². The minimum absolute atomic E-state index is 0.267. The van der Waals surface area contributed by atoms with E-state index in [9.17, 15) is 9.59 Å². The van der Waals surface area contributed by atoms with Gasteiger partial charge < -0.3 is 20.7 Å². The van der Waals surface area contributed by atoms with E-state index in [-0.39, 0.29) is 11.9 Å². The predicted molar refractivity (Wildman–Crippen MR) is 99.9 cm³/mol. The topological polar surface area (TPSA) is 79.5 Å². The fraction of sp³-hybridized carbons (Fsp3) is 0.200. The van der Waals surface area contributed by atoms with Gasteiger partial charge in [0.05, 0.1) is 18.7 Å². The molecule has 3 N–H and O–H groups in total. The molecule has 3 amide bonds. The molecule has 1 aliphatic heterocycles. The summed E-state index contributed by atoms with van der Waals surface area (Å²) in [5.74, 6) is 0.392. The Balaban J connectivity index is 1.97. The van der Waals surface area contributed by atoms with Crippen molar-refractivity contribution in [2.75, 3.05) is 12.4 Å². The predicted octanol–water partition coefficient (Wildman–Crippen LogP) is 3.27. The van der Waals surface area contributed by atoms with Crippen molar-refractivity contribution in [2.24, 2.45) is 0 Å². The van der Waals surface area contributed by atoms with Gasteiger partial charge in [-0.2, -0.15) is 0 Å². The molecule has 0 unspecified atom stereocenters. The lowest BCUT2D eigenvalue weighted by Crippen LogP contribution is -2.46. The second-order valence-corrected chi connectivity index (χ2v) is 6.12. The highest BCUT2D eigenvalue weighted by atomic mass is 16.5. The quantitative estimate of drug-likeness (QED) is 0.791. The number of carbonyl (C=O) groups excluding carboxylic acids is 2. The van der Waals surface area contributed by atoms with Crippen molar-refractivity contribution in [1.29, 1.82) is 0 Å². The average Bonchev–Trinajstić information content (AvgIpc) is 2.63. The van der Waals surface area contributed by atoms with Crippen LogP contribution in [0.15, 0.2) is 59.8 Å². The third kappa shape index (κ3) is 3.54. The van der Waals surface area contributed by atoms with E-state index in [2.05, 4.69) is 16.0 Å². The van der Waals surface area contributed by atoms with Gasteiger partial charge in [-0.3, -0.25) is 4.79 Å². The number of hydrogen-bond donors (Lipinski definition) is 3. The third-order valence-corrected chi connectivity index (χ3v) is 4.33. The Morgan fingerprint density at radius 1 is 1.12 bits per heavy atom. The fourth-order valence-electron chi connectivity index (χ4n) is 2.97. The van der Waals surface area contributed by atoms with E-state index in [1.807, 2.05) is 55.5 Å². The first kappa shape index (κ1) is 17.5. The van der Waals surface area contributed by atoms with Crippen LogP contribution < -0.4 is 20.7 Å². The summed E-state index contributed by atoms with van der Waals surface area (Å²) >= 11 is 0. The van der Waals surface area contributed by atoms with E-state index in [0.29, 0.717) is 17.0 Å². The molecule has 0 spiro atoms. The van der Waals surface area contributed by atoms with Crippen LogP contribution in [-0.2, 0) is 4.79 Å². The van der Waals surface area contributed by atoms with E-state index in [1.165, 1.54) is 0 Å². The van der Waals surface area contributed by atoms with E-state index >= 15 is 0 Å². The summed E-state index contributed by atoms with van der Waals surface area (Å²) in [7, 11) is 1.58. The summed E-state index contributed by atoms with van der Waals surface area (Å²) in [6, 6.07) is 13.9. The molecule has 0 saturated heterocycles.